The summed E-state index contributed by atoms with van der Waals surface area (Å²) in [6.07, 6.45) is 3.43. The fourth-order valence-corrected chi connectivity index (χ4v) is 2.36. The van der Waals surface area contributed by atoms with Gasteiger partial charge in [-0.1, -0.05) is 0 Å². The molecule has 1 fully saturated rings. The Bertz CT molecular complexity index is 464. The molecular formula is C13H22N4O2. The highest BCUT2D eigenvalue weighted by atomic mass is 16.3. The van der Waals surface area contributed by atoms with Crippen LogP contribution in [0.25, 0.3) is 0 Å². The van der Waals surface area contributed by atoms with Gasteiger partial charge in [0.2, 0.25) is 0 Å². The number of hydrogen-bond donors (Lipinski definition) is 1. The zero-order valence-electron chi connectivity index (χ0n) is 11.6. The first-order valence-electron chi connectivity index (χ1n) is 6.78. The Morgan fingerprint density at radius 3 is 2.58 bits per heavy atom. The van der Waals surface area contributed by atoms with Crippen LogP contribution < -0.4 is 10.5 Å². The summed E-state index contributed by atoms with van der Waals surface area (Å²) < 4.78 is 1.71. The van der Waals surface area contributed by atoms with Crippen LogP contribution in [0.3, 0.4) is 0 Å². The van der Waals surface area contributed by atoms with Crippen molar-refractivity contribution in [3.63, 3.8) is 0 Å². The first-order valence-corrected chi connectivity index (χ1v) is 6.78. The zero-order valence-corrected chi connectivity index (χ0v) is 11.6. The van der Waals surface area contributed by atoms with Crippen molar-refractivity contribution < 1.29 is 5.11 Å². The summed E-state index contributed by atoms with van der Waals surface area (Å²) in [5, 5.41) is 8.92. The Labute approximate surface area is 113 Å². The van der Waals surface area contributed by atoms with E-state index >= 15 is 0 Å². The van der Waals surface area contributed by atoms with E-state index in [4.69, 9.17) is 5.11 Å². The molecule has 1 aliphatic heterocycles. The number of anilines is 1. The third kappa shape index (κ3) is 3.13. The predicted octanol–water partition coefficient (Wildman–Crippen LogP) is -0.0615. The molecular weight excluding hydrogens is 244 g/mol. The van der Waals surface area contributed by atoms with E-state index in [1.807, 2.05) is 18.7 Å². The minimum atomic E-state index is -0.0203. The number of rotatable bonds is 4. The summed E-state index contributed by atoms with van der Waals surface area (Å²) in [5.74, 6) is 0.542. The standard InChI is InChI=1S/C13H22N4O2/c1-11(2)17-4-3-14-12(13(17)19)16-7-5-15(6-8-16)9-10-18/h3-4,11,18H,5-10H2,1-2H3. The number of aliphatic hydroxyl groups excluding tert-OH is 1. The van der Waals surface area contributed by atoms with E-state index in [0.29, 0.717) is 12.4 Å². The molecule has 2 rings (SSSR count). The summed E-state index contributed by atoms with van der Waals surface area (Å²) in [5.41, 5.74) is -0.0203. The van der Waals surface area contributed by atoms with Gasteiger partial charge in [0.1, 0.15) is 0 Å². The molecule has 0 spiro atoms. The van der Waals surface area contributed by atoms with Crippen molar-refractivity contribution >= 4 is 5.82 Å². The second-order valence-electron chi connectivity index (χ2n) is 5.11. The van der Waals surface area contributed by atoms with Gasteiger partial charge in [0.05, 0.1) is 6.61 Å². The van der Waals surface area contributed by atoms with Crippen molar-refractivity contribution in [3.8, 4) is 0 Å². The van der Waals surface area contributed by atoms with E-state index in [1.165, 1.54) is 0 Å². The number of aromatic nitrogens is 2. The summed E-state index contributed by atoms with van der Waals surface area (Å²) in [6.45, 7) is 8.15. The summed E-state index contributed by atoms with van der Waals surface area (Å²) >= 11 is 0. The van der Waals surface area contributed by atoms with E-state index < -0.39 is 0 Å². The average Bonchev–Trinajstić information content (AvgIpc) is 2.40. The number of piperazine rings is 1. The Kier molecular flexibility index (Phi) is 4.55. The average molecular weight is 266 g/mol. The molecule has 0 bridgehead atoms. The van der Waals surface area contributed by atoms with Gasteiger partial charge >= 0.3 is 0 Å². The molecule has 0 radical (unpaired) electrons. The molecule has 1 aliphatic rings. The van der Waals surface area contributed by atoms with Gasteiger partial charge in [0.15, 0.2) is 5.82 Å². The molecule has 19 heavy (non-hydrogen) atoms. The normalized spacial score (nSPS) is 17.2. The third-order valence-corrected chi connectivity index (χ3v) is 3.49. The van der Waals surface area contributed by atoms with E-state index in [1.54, 1.807) is 17.0 Å². The first-order chi connectivity index (χ1) is 9.13. The van der Waals surface area contributed by atoms with Gasteiger partial charge in [0, 0.05) is 51.2 Å². The molecule has 0 atom stereocenters. The Morgan fingerprint density at radius 1 is 1.32 bits per heavy atom. The van der Waals surface area contributed by atoms with Crippen molar-refractivity contribution in [1.29, 1.82) is 0 Å². The topological polar surface area (TPSA) is 61.6 Å². The number of β-amino-alcohol motifs (C(OH)–C–C–N with tert-alkyl or cyclic N) is 1. The van der Waals surface area contributed by atoms with Gasteiger partial charge in [-0.2, -0.15) is 0 Å². The second kappa shape index (κ2) is 6.16. The van der Waals surface area contributed by atoms with E-state index in [-0.39, 0.29) is 18.2 Å². The predicted molar refractivity (Wildman–Crippen MR) is 74.6 cm³/mol. The van der Waals surface area contributed by atoms with Crippen LogP contribution in [0.15, 0.2) is 17.2 Å². The van der Waals surface area contributed by atoms with Crippen LogP contribution in [0.5, 0.6) is 0 Å². The van der Waals surface area contributed by atoms with Gasteiger partial charge in [-0.15, -0.1) is 0 Å². The Hall–Kier alpha value is -1.40. The first kappa shape index (κ1) is 14.0. The smallest absolute Gasteiger partial charge is 0.293 e. The molecule has 1 aromatic heterocycles. The highest BCUT2D eigenvalue weighted by Gasteiger charge is 2.20. The quantitative estimate of drug-likeness (QED) is 0.827. The molecule has 1 aromatic rings. The summed E-state index contributed by atoms with van der Waals surface area (Å²) in [6, 6.07) is 0.143. The molecule has 0 saturated carbocycles. The fraction of sp³-hybridized carbons (Fsp3) is 0.692. The number of aliphatic hydroxyl groups is 1. The SMILES string of the molecule is CC(C)n1ccnc(N2CCN(CCO)CC2)c1=O. The van der Waals surface area contributed by atoms with Crippen LogP contribution in [0.1, 0.15) is 19.9 Å². The maximum atomic E-state index is 12.3. The largest absolute Gasteiger partial charge is 0.395 e. The van der Waals surface area contributed by atoms with Crippen LogP contribution in [0.2, 0.25) is 0 Å². The van der Waals surface area contributed by atoms with Gasteiger partial charge < -0.3 is 14.6 Å². The molecule has 106 valence electrons. The zero-order chi connectivity index (χ0) is 13.8. The van der Waals surface area contributed by atoms with Crippen LogP contribution in [-0.4, -0.2) is 58.9 Å². The number of hydrogen-bond acceptors (Lipinski definition) is 5. The van der Waals surface area contributed by atoms with Crippen molar-refractivity contribution in [2.75, 3.05) is 44.2 Å². The highest BCUT2D eigenvalue weighted by molar-refractivity contribution is 5.36. The van der Waals surface area contributed by atoms with Crippen LogP contribution in [0, 0.1) is 0 Å². The lowest BCUT2D eigenvalue weighted by atomic mass is 10.3. The molecule has 6 heteroatoms. The minimum Gasteiger partial charge on any atom is -0.395 e. The van der Waals surface area contributed by atoms with Crippen LogP contribution >= 0.6 is 0 Å². The van der Waals surface area contributed by atoms with Crippen LogP contribution in [-0.2, 0) is 0 Å². The van der Waals surface area contributed by atoms with E-state index in [9.17, 15) is 4.79 Å². The third-order valence-electron chi connectivity index (χ3n) is 3.49. The molecule has 6 nitrogen and oxygen atoms in total. The van der Waals surface area contributed by atoms with Crippen molar-refractivity contribution in [1.82, 2.24) is 14.5 Å². The van der Waals surface area contributed by atoms with E-state index in [0.717, 1.165) is 26.2 Å². The molecule has 1 N–H and O–H groups in total. The molecule has 0 unspecified atom stereocenters. The van der Waals surface area contributed by atoms with Gasteiger partial charge in [-0.3, -0.25) is 9.69 Å². The second-order valence-corrected chi connectivity index (χ2v) is 5.11. The summed E-state index contributed by atoms with van der Waals surface area (Å²) in [7, 11) is 0. The fourth-order valence-electron chi connectivity index (χ4n) is 2.36. The lowest BCUT2D eigenvalue weighted by Gasteiger charge is -2.34. The molecule has 0 aliphatic carbocycles. The van der Waals surface area contributed by atoms with Crippen molar-refractivity contribution in [2.45, 2.75) is 19.9 Å². The molecule has 2 heterocycles. The maximum Gasteiger partial charge on any atom is 0.293 e. The van der Waals surface area contributed by atoms with Crippen molar-refractivity contribution in [2.24, 2.45) is 0 Å². The Balaban J connectivity index is 2.12. The van der Waals surface area contributed by atoms with Gasteiger partial charge in [-0.25, -0.2) is 4.98 Å². The molecule has 0 aromatic carbocycles. The molecule has 1 saturated heterocycles. The molecule has 0 amide bonds. The maximum absolute atomic E-state index is 12.3. The van der Waals surface area contributed by atoms with E-state index in [2.05, 4.69) is 9.88 Å². The van der Waals surface area contributed by atoms with Gasteiger partial charge in [-0.05, 0) is 13.8 Å². The summed E-state index contributed by atoms with van der Waals surface area (Å²) in [4.78, 5) is 20.8. The number of nitrogens with zero attached hydrogens (tertiary/aromatic N) is 4. The lowest BCUT2D eigenvalue weighted by Crippen LogP contribution is -2.49. The van der Waals surface area contributed by atoms with Crippen molar-refractivity contribution in [3.05, 3.63) is 22.7 Å². The minimum absolute atomic E-state index is 0.0203. The van der Waals surface area contributed by atoms with Crippen LogP contribution in [0.4, 0.5) is 5.82 Å². The Morgan fingerprint density at radius 2 is 2.00 bits per heavy atom. The highest BCUT2D eigenvalue weighted by Crippen LogP contribution is 2.10. The monoisotopic (exact) mass is 266 g/mol. The van der Waals surface area contributed by atoms with Gasteiger partial charge in [0.25, 0.3) is 5.56 Å². The lowest BCUT2D eigenvalue weighted by molar-refractivity contribution is 0.188.